The second kappa shape index (κ2) is 6.20. The number of hydrogen-bond acceptors (Lipinski definition) is 1. The van der Waals surface area contributed by atoms with Gasteiger partial charge in [-0.05, 0) is 46.7 Å². The maximum Gasteiger partial charge on any atom is 0.249 e. The third-order valence-corrected chi connectivity index (χ3v) is 5.23. The molecule has 0 spiro atoms. The maximum atomic E-state index is 14.1. The predicted octanol–water partition coefficient (Wildman–Crippen LogP) is 5.03. The molecular formula is C24H16FN2O. The molecule has 0 atom stereocenters. The molecule has 0 aliphatic rings. The summed E-state index contributed by atoms with van der Waals surface area (Å²) in [6.07, 6.45) is 0. The summed E-state index contributed by atoms with van der Waals surface area (Å²) < 4.78 is 16.1. The van der Waals surface area contributed by atoms with E-state index in [0.717, 1.165) is 21.9 Å². The lowest BCUT2D eigenvalue weighted by molar-refractivity contribution is 0.100. The fraction of sp³-hybridized carbons (Fsp3) is 0.0417. The highest BCUT2D eigenvalue weighted by atomic mass is 19.1. The molecule has 2 N–H and O–H groups in total. The van der Waals surface area contributed by atoms with Crippen LogP contribution in [0.25, 0.3) is 32.6 Å². The van der Waals surface area contributed by atoms with E-state index in [1.54, 1.807) is 12.1 Å². The number of amides is 1. The van der Waals surface area contributed by atoms with E-state index in [9.17, 15) is 9.18 Å². The van der Waals surface area contributed by atoms with E-state index in [-0.39, 0.29) is 5.82 Å². The summed E-state index contributed by atoms with van der Waals surface area (Å²) in [6.45, 7) is 0.543. The molecule has 3 nitrogen and oxygen atoms in total. The fourth-order valence-electron chi connectivity index (χ4n) is 4.01. The van der Waals surface area contributed by atoms with Crippen LogP contribution in [0.2, 0.25) is 0 Å². The number of rotatable bonds is 3. The summed E-state index contributed by atoms with van der Waals surface area (Å²) in [5.41, 5.74) is 8.66. The van der Waals surface area contributed by atoms with E-state index in [4.69, 9.17) is 5.73 Å². The molecule has 135 valence electrons. The second-order valence-corrected chi connectivity index (χ2v) is 6.87. The second-order valence-electron chi connectivity index (χ2n) is 6.87. The van der Waals surface area contributed by atoms with Gasteiger partial charge < -0.3 is 10.3 Å². The van der Waals surface area contributed by atoms with Gasteiger partial charge in [-0.3, -0.25) is 4.79 Å². The number of hydrogen-bond donors (Lipinski definition) is 1. The van der Waals surface area contributed by atoms with E-state index in [1.165, 1.54) is 12.1 Å². The number of carbonyl (C=O) groups excluding carboxylic acids is 1. The number of halogens is 1. The largest absolute Gasteiger partial charge is 0.366 e. The molecule has 1 heterocycles. The van der Waals surface area contributed by atoms with Crippen LogP contribution in [0.3, 0.4) is 0 Å². The Morgan fingerprint density at radius 2 is 1.79 bits per heavy atom. The third-order valence-electron chi connectivity index (χ3n) is 5.23. The number of primary amides is 1. The SMILES string of the molecule is NC(=O)c1cccc2c1c1[c]cc(F)cc1n2Cc1cccc2ccccc12. The molecule has 0 aliphatic heterocycles. The van der Waals surface area contributed by atoms with Crippen molar-refractivity contribution in [2.45, 2.75) is 6.54 Å². The van der Waals surface area contributed by atoms with Crippen LogP contribution in [0, 0.1) is 11.9 Å². The topological polar surface area (TPSA) is 48.0 Å². The summed E-state index contributed by atoms with van der Waals surface area (Å²) in [6, 6.07) is 25.5. The van der Waals surface area contributed by atoms with Crippen molar-refractivity contribution < 1.29 is 9.18 Å². The highest BCUT2D eigenvalue weighted by Gasteiger charge is 2.17. The number of carbonyl (C=O) groups is 1. The van der Waals surface area contributed by atoms with Crippen LogP contribution in [0.5, 0.6) is 0 Å². The van der Waals surface area contributed by atoms with Crippen LogP contribution in [-0.2, 0) is 6.54 Å². The Morgan fingerprint density at radius 3 is 2.64 bits per heavy atom. The molecule has 4 aromatic carbocycles. The Labute approximate surface area is 160 Å². The first-order valence-electron chi connectivity index (χ1n) is 9.02. The summed E-state index contributed by atoms with van der Waals surface area (Å²) in [5, 5.41) is 3.71. The van der Waals surface area contributed by atoms with Gasteiger partial charge in [0.15, 0.2) is 0 Å². The molecule has 0 unspecified atom stereocenters. The third kappa shape index (κ3) is 2.46. The van der Waals surface area contributed by atoms with Gasteiger partial charge in [0.05, 0.1) is 11.0 Å². The first-order chi connectivity index (χ1) is 13.6. The average Bonchev–Trinajstić information content (AvgIpc) is 3.01. The highest BCUT2D eigenvalue weighted by Crippen LogP contribution is 2.33. The molecule has 0 saturated heterocycles. The molecule has 1 aromatic heterocycles. The van der Waals surface area contributed by atoms with E-state index in [0.29, 0.717) is 28.4 Å². The molecular weight excluding hydrogens is 351 g/mol. The summed E-state index contributed by atoms with van der Waals surface area (Å²) in [5.74, 6) is -0.873. The number of benzene rings is 4. The lowest BCUT2D eigenvalue weighted by atomic mass is 10.0. The lowest BCUT2D eigenvalue weighted by Gasteiger charge is -2.11. The van der Waals surface area contributed by atoms with Gasteiger partial charge in [-0.2, -0.15) is 0 Å². The molecule has 28 heavy (non-hydrogen) atoms. The minimum Gasteiger partial charge on any atom is -0.366 e. The quantitative estimate of drug-likeness (QED) is 0.477. The van der Waals surface area contributed by atoms with Gasteiger partial charge in [-0.25, -0.2) is 4.39 Å². The molecule has 4 heteroatoms. The normalized spacial score (nSPS) is 11.5. The molecule has 1 radical (unpaired) electrons. The molecule has 0 saturated carbocycles. The van der Waals surface area contributed by atoms with Crippen molar-refractivity contribution in [1.29, 1.82) is 0 Å². The van der Waals surface area contributed by atoms with Crippen LogP contribution in [-0.4, -0.2) is 10.5 Å². The van der Waals surface area contributed by atoms with Crippen LogP contribution in [0.1, 0.15) is 15.9 Å². The Hall–Kier alpha value is -3.66. The first kappa shape index (κ1) is 16.5. The Kier molecular flexibility index (Phi) is 3.66. The standard InChI is InChI=1S/C24H16FN2O/c25-17-11-12-19-22(13-17)27(21-10-4-9-20(23(19)21)24(26)28)14-16-7-3-6-15-5-1-2-8-18(15)16/h1-11,13H,14H2,(H2,26,28). The minimum absolute atomic E-state index is 0.366. The molecule has 5 rings (SSSR count). The van der Waals surface area contributed by atoms with Crippen molar-refractivity contribution in [3.8, 4) is 0 Å². The molecule has 5 aromatic rings. The van der Waals surface area contributed by atoms with Gasteiger partial charge in [0, 0.05) is 22.9 Å². The zero-order chi connectivity index (χ0) is 19.3. The van der Waals surface area contributed by atoms with Gasteiger partial charge in [-0.15, -0.1) is 0 Å². The smallest absolute Gasteiger partial charge is 0.249 e. The van der Waals surface area contributed by atoms with Gasteiger partial charge in [0.1, 0.15) is 5.82 Å². The van der Waals surface area contributed by atoms with Crippen molar-refractivity contribution in [2.24, 2.45) is 5.73 Å². The van der Waals surface area contributed by atoms with Crippen molar-refractivity contribution >= 4 is 38.5 Å². The van der Waals surface area contributed by atoms with Crippen molar-refractivity contribution in [1.82, 2.24) is 4.57 Å². The zero-order valence-corrected chi connectivity index (χ0v) is 14.9. The average molecular weight is 367 g/mol. The first-order valence-corrected chi connectivity index (χ1v) is 9.02. The van der Waals surface area contributed by atoms with E-state index >= 15 is 0 Å². The van der Waals surface area contributed by atoms with Crippen molar-refractivity contribution in [2.75, 3.05) is 0 Å². The number of fused-ring (bicyclic) bond motifs is 4. The molecule has 0 bridgehead atoms. The Balaban J connectivity index is 1.84. The zero-order valence-electron chi connectivity index (χ0n) is 14.9. The number of nitrogens with zero attached hydrogens (tertiary/aromatic N) is 1. The van der Waals surface area contributed by atoms with Gasteiger partial charge in [-0.1, -0.05) is 48.5 Å². The van der Waals surface area contributed by atoms with Gasteiger partial charge >= 0.3 is 0 Å². The highest BCUT2D eigenvalue weighted by molar-refractivity contribution is 6.17. The van der Waals surface area contributed by atoms with Gasteiger partial charge in [0.25, 0.3) is 0 Å². The molecule has 1 amide bonds. The van der Waals surface area contributed by atoms with Crippen LogP contribution >= 0.6 is 0 Å². The van der Waals surface area contributed by atoms with E-state index in [1.807, 2.05) is 28.8 Å². The van der Waals surface area contributed by atoms with Crippen LogP contribution in [0.4, 0.5) is 4.39 Å². The summed E-state index contributed by atoms with van der Waals surface area (Å²) >= 11 is 0. The van der Waals surface area contributed by atoms with E-state index < -0.39 is 5.91 Å². The number of aromatic nitrogens is 1. The molecule has 0 aliphatic carbocycles. The minimum atomic E-state index is -0.507. The molecule has 0 fully saturated rings. The Morgan fingerprint density at radius 1 is 1.00 bits per heavy atom. The van der Waals surface area contributed by atoms with Crippen LogP contribution < -0.4 is 5.73 Å². The van der Waals surface area contributed by atoms with E-state index in [2.05, 4.69) is 30.3 Å². The van der Waals surface area contributed by atoms with Crippen LogP contribution in [0.15, 0.2) is 72.8 Å². The monoisotopic (exact) mass is 367 g/mol. The lowest BCUT2D eigenvalue weighted by Crippen LogP contribution is -2.11. The van der Waals surface area contributed by atoms with Gasteiger partial charge in [0.2, 0.25) is 5.91 Å². The van der Waals surface area contributed by atoms with Crippen molar-refractivity contribution in [3.05, 3.63) is 95.8 Å². The van der Waals surface area contributed by atoms with Crippen molar-refractivity contribution in [3.63, 3.8) is 0 Å². The maximum absolute atomic E-state index is 14.1. The Bertz CT molecular complexity index is 1380. The summed E-state index contributed by atoms with van der Waals surface area (Å²) in [7, 11) is 0. The number of nitrogens with two attached hydrogens (primary N) is 1. The summed E-state index contributed by atoms with van der Waals surface area (Å²) in [4.78, 5) is 12.0. The predicted molar refractivity (Wildman–Crippen MR) is 110 cm³/mol. The fourth-order valence-corrected chi connectivity index (χ4v) is 4.01.